The molecule has 0 spiro atoms. The van der Waals surface area contributed by atoms with Crippen LogP contribution in [-0.4, -0.2) is 5.92 Å². The molecule has 0 heterocycles. The van der Waals surface area contributed by atoms with Crippen molar-refractivity contribution in [1.29, 1.82) is 0 Å². The summed E-state index contributed by atoms with van der Waals surface area (Å²) in [5.41, 5.74) is 21.8. The van der Waals surface area contributed by atoms with Crippen molar-refractivity contribution >= 4 is 35.1 Å². The van der Waals surface area contributed by atoms with Crippen molar-refractivity contribution in [1.82, 2.24) is 0 Å². The molecule has 2 unspecified atom stereocenters. The van der Waals surface area contributed by atoms with E-state index < -0.39 is 21.5 Å². The topological polar surface area (TPSA) is 0 Å². The van der Waals surface area contributed by atoms with Crippen LogP contribution >= 0.6 is 17.0 Å². The molecule has 0 amide bonds. The summed E-state index contributed by atoms with van der Waals surface area (Å²) >= 11 is -4.93. The first-order valence-electron chi connectivity index (χ1n) is 18.9. The minimum absolute atomic E-state index is 0.0918. The zero-order chi connectivity index (χ0) is 36.5. The molecule has 2 atom stereocenters. The number of allylic oxidation sites excluding steroid dienone is 2. The average Bonchev–Trinajstić information content (AvgIpc) is 3.61. The molecule has 2 aliphatic carbocycles. The number of fused-ring (bicyclic) bond motifs is 2. The first-order valence-corrected chi connectivity index (χ1v) is 35.2. The van der Waals surface area contributed by atoms with Crippen molar-refractivity contribution in [2.45, 2.75) is 102 Å². The molecule has 263 valence electrons. The van der Waals surface area contributed by atoms with E-state index in [4.69, 9.17) is 17.0 Å². The predicted molar refractivity (Wildman–Crippen MR) is 223 cm³/mol. The number of hydrogen-bond donors (Lipinski definition) is 0. The van der Waals surface area contributed by atoms with Gasteiger partial charge in [0.15, 0.2) is 0 Å². The maximum absolute atomic E-state index is 8.86. The molecule has 0 fully saturated rings. The van der Waals surface area contributed by atoms with E-state index in [0.29, 0.717) is 11.8 Å². The molecule has 4 aromatic carbocycles. The fourth-order valence-electron chi connectivity index (χ4n) is 9.33. The van der Waals surface area contributed by atoms with Gasteiger partial charge in [-0.25, -0.2) is 0 Å². The molecule has 0 N–H and O–H groups in total. The summed E-state index contributed by atoms with van der Waals surface area (Å²) in [6, 6.07) is 23.2. The van der Waals surface area contributed by atoms with Gasteiger partial charge in [0.2, 0.25) is 0 Å². The van der Waals surface area contributed by atoms with Crippen LogP contribution in [0.4, 0.5) is 0 Å². The molecular formula is C46H57Cl2SiZr. The fraction of sp³-hybridized carbons (Fsp3) is 0.391. The van der Waals surface area contributed by atoms with E-state index in [-0.39, 0.29) is 7.25 Å². The summed E-state index contributed by atoms with van der Waals surface area (Å²) in [5, 5.41) is 0. The maximum atomic E-state index is 8.86. The minimum atomic E-state index is -4.93. The van der Waals surface area contributed by atoms with Crippen LogP contribution in [0.25, 0.3) is 34.4 Å². The third kappa shape index (κ3) is 6.07. The molecule has 0 saturated heterocycles. The standard InChI is InChI=1S/2C22H25.C2H7Si.2ClH.Zr/c2*1-14(2)11-18-12-19-7-6-8-21(22(19)13-18)20-10-9-15(3)16(4)17(20)5;1-3-2;;;/h2*6-10,12-14H,11H2,1-5H3;3H,1-2H3;2*1H;/q;;;;;+2/p-2. The second-order valence-electron chi connectivity index (χ2n) is 16.9. The normalized spacial score (nSPS) is 18.0. The van der Waals surface area contributed by atoms with Crippen molar-refractivity contribution in [3.05, 3.63) is 127 Å². The van der Waals surface area contributed by atoms with Crippen LogP contribution in [0, 0.1) is 53.4 Å². The Morgan fingerprint density at radius 1 is 0.540 bits per heavy atom. The van der Waals surface area contributed by atoms with Gasteiger partial charge in [0.1, 0.15) is 0 Å². The third-order valence-electron chi connectivity index (χ3n) is 12.5. The van der Waals surface area contributed by atoms with Crippen LogP contribution in [0.15, 0.2) is 71.8 Å². The summed E-state index contributed by atoms with van der Waals surface area (Å²) in [5.74, 6) is -0.664. The molecule has 0 radical (unpaired) electrons. The van der Waals surface area contributed by atoms with Crippen LogP contribution in [0.1, 0.15) is 103 Å². The molecule has 0 nitrogen and oxygen atoms in total. The van der Waals surface area contributed by atoms with Crippen molar-refractivity contribution in [2.75, 3.05) is 0 Å². The van der Waals surface area contributed by atoms with E-state index in [9.17, 15) is 0 Å². The van der Waals surface area contributed by atoms with Gasteiger partial charge in [-0.05, 0) is 0 Å². The van der Waals surface area contributed by atoms with Gasteiger partial charge in [-0.2, -0.15) is 0 Å². The second kappa shape index (κ2) is 13.8. The van der Waals surface area contributed by atoms with Gasteiger partial charge in [0.05, 0.1) is 0 Å². The Hall–Kier alpha value is -1.96. The van der Waals surface area contributed by atoms with Crippen LogP contribution in [0.5, 0.6) is 0 Å². The first-order chi connectivity index (χ1) is 23.5. The summed E-state index contributed by atoms with van der Waals surface area (Å²) in [6.45, 7) is 27.9. The van der Waals surface area contributed by atoms with Crippen molar-refractivity contribution in [3.63, 3.8) is 0 Å². The third-order valence-corrected chi connectivity index (χ3v) is 64.3. The molecular weight excluding hydrogens is 743 g/mol. The molecule has 0 bridgehead atoms. The molecule has 0 aromatic heterocycles. The van der Waals surface area contributed by atoms with Gasteiger partial charge in [0.25, 0.3) is 0 Å². The number of rotatable bonds is 9. The SMILES string of the molecule is Cc1ccc(-c2cccc3c2C=C(CC(C)C)[CH]3[Zr]([Cl])([Cl])([CH]2C(CC(C)C)=Cc3c(-c4ccc(C)c(C)c4C)cccc32)[SiH](C)C)c(C)c1C. The summed E-state index contributed by atoms with van der Waals surface area (Å²) in [7, 11) is 17.7. The van der Waals surface area contributed by atoms with Crippen molar-refractivity contribution in [2.24, 2.45) is 11.8 Å². The predicted octanol–water partition coefficient (Wildman–Crippen LogP) is 14.5. The van der Waals surface area contributed by atoms with E-state index in [1.807, 2.05) is 0 Å². The van der Waals surface area contributed by atoms with Crippen molar-refractivity contribution < 1.29 is 15.6 Å². The Kier molecular flexibility index (Phi) is 10.4. The quantitative estimate of drug-likeness (QED) is 0.148. The zero-order valence-corrected chi connectivity index (χ0v) is 37.6. The van der Waals surface area contributed by atoms with Crippen molar-refractivity contribution in [3.8, 4) is 22.3 Å². The summed E-state index contributed by atoms with van der Waals surface area (Å²) in [6.07, 6.45) is 7.10. The second-order valence-corrected chi connectivity index (χ2v) is 59.4. The van der Waals surface area contributed by atoms with Crippen LogP contribution in [0.3, 0.4) is 0 Å². The van der Waals surface area contributed by atoms with E-state index >= 15 is 0 Å². The van der Waals surface area contributed by atoms with Gasteiger partial charge in [-0.1, -0.05) is 0 Å². The molecule has 0 saturated carbocycles. The average molecular weight is 800 g/mol. The monoisotopic (exact) mass is 797 g/mol. The number of hydrogen-bond acceptors (Lipinski definition) is 0. The molecule has 4 heteroatoms. The zero-order valence-electron chi connectivity index (χ0n) is 32.5. The van der Waals surface area contributed by atoms with Gasteiger partial charge in [-0.15, -0.1) is 0 Å². The summed E-state index contributed by atoms with van der Waals surface area (Å²) in [4.78, 5) is 0. The van der Waals surface area contributed by atoms with Crippen LogP contribution in [-0.2, 0) is 15.6 Å². The van der Waals surface area contributed by atoms with E-state index in [1.54, 1.807) is 0 Å². The molecule has 6 rings (SSSR count). The van der Waals surface area contributed by atoms with Crippen LogP contribution < -0.4 is 0 Å². The van der Waals surface area contributed by atoms with Crippen LogP contribution in [0.2, 0.25) is 13.1 Å². The van der Waals surface area contributed by atoms with Gasteiger partial charge in [-0.3, -0.25) is 0 Å². The molecule has 0 aliphatic heterocycles. The number of halogens is 2. The Bertz CT molecular complexity index is 1920. The molecule has 4 aromatic rings. The van der Waals surface area contributed by atoms with Gasteiger partial charge in [0, 0.05) is 0 Å². The Morgan fingerprint density at radius 2 is 0.920 bits per heavy atom. The summed E-state index contributed by atoms with van der Waals surface area (Å²) < 4.78 is 0.184. The Labute approximate surface area is 312 Å². The first kappa shape index (κ1) is 37.8. The molecule has 50 heavy (non-hydrogen) atoms. The van der Waals surface area contributed by atoms with Gasteiger partial charge >= 0.3 is 315 Å². The van der Waals surface area contributed by atoms with E-state index in [0.717, 1.165) is 12.8 Å². The Morgan fingerprint density at radius 3 is 1.26 bits per heavy atom. The number of aryl methyl sites for hydroxylation is 2. The molecule has 2 aliphatic rings. The number of benzene rings is 4. The van der Waals surface area contributed by atoms with Gasteiger partial charge < -0.3 is 0 Å². The fourth-order valence-corrected chi connectivity index (χ4v) is 40.7. The van der Waals surface area contributed by atoms with E-state index in [1.165, 1.54) is 89.0 Å². The Balaban J connectivity index is 1.64. The van der Waals surface area contributed by atoms with E-state index in [2.05, 4.69) is 155 Å².